The molecule has 0 aliphatic carbocycles. The Labute approximate surface area is 140 Å². The number of hydrogen-bond donors (Lipinski definition) is 0. The molecular formula is C21H22OSi. The zero-order chi connectivity index (χ0) is 16.7. The van der Waals surface area contributed by atoms with Crippen molar-refractivity contribution in [3.63, 3.8) is 0 Å². The normalized spacial score (nSPS) is 11.5. The molecule has 0 aromatic heterocycles. The molecule has 1 unspecified atom stereocenters. The van der Waals surface area contributed by atoms with Crippen molar-refractivity contribution in [2.24, 2.45) is 0 Å². The highest BCUT2D eigenvalue weighted by Crippen LogP contribution is 2.19. The van der Waals surface area contributed by atoms with Crippen LogP contribution >= 0.6 is 0 Å². The second-order valence-electron chi connectivity index (χ2n) is 6.36. The highest BCUT2D eigenvalue weighted by Gasteiger charge is 2.10. The summed E-state index contributed by atoms with van der Waals surface area (Å²) in [4.78, 5) is 0. The number of rotatable bonds is 2. The zero-order valence-corrected chi connectivity index (χ0v) is 15.2. The predicted molar refractivity (Wildman–Crippen MR) is 100 cm³/mol. The van der Waals surface area contributed by atoms with Crippen LogP contribution in [0, 0.1) is 23.3 Å². The third-order valence-electron chi connectivity index (χ3n) is 3.18. The molecule has 2 heteroatoms. The summed E-state index contributed by atoms with van der Waals surface area (Å²) in [5.41, 5.74) is 5.57. The van der Waals surface area contributed by atoms with E-state index in [9.17, 15) is 0 Å². The minimum Gasteiger partial charge on any atom is -0.497 e. The minimum atomic E-state index is -1.43. The van der Waals surface area contributed by atoms with Gasteiger partial charge in [0.05, 0.1) is 7.11 Å². The van der Waals surface area contributed by atoms with Crippen LogP contribution in [0.3, 0.4) is 0 Å². The summed E-state index contributed by atoms with van der Waals surface area (Å²) < 4.78 is 5.23. The van der Waals surface area contributed by atoms with Crippen LogP contribution in [0.15, 0.2) is 54.6 Å². The fourth-order valence-electron chi connectivity index (χ4n) is 1.96. The molecule has 0 spiro atoms. The molecule has 0 bridgehead atoms. The lowest BCUT2D eigenvalue weighted by atomic mass is 10.00. The third kappa shape index (κ3) is 5.70. The van der Waals surface area contributed by atoms with E-state index in [1.165, 1.54) is 0 Å². The molecule has 2 aromatic rings. The first-order valence-corrected chi connectivity index (χ1v) is 11.2. The van der Waals surface area contributed by atoms with E-state index in [1.807, 2.05) is 54.6 Å². The Kier molecular flexibility index (Phi) is 5.69. The first kappa shape index (κ1) is 16.9. The van der Waals surface area contributed by atoms with Crippen molar-refractivity contribution in [1.29, 1.82) is 0 Å². The van der Waals surface area contributed by atoms with E-state index < -0.39 is 8.07 Å². The molecule has 0 heterocycles. The smallest absolute Gasteiger partial charge is 0.129 e. The Balaban J connectivity index is 2.35. The van der Waals surface area contributed by atoms with Gasteiger partial charge in [-0.3, -0.25) is 0 Å². The molecule has 0 saturated heterocycles. The lowest BCUT2D eigenvalue weighted by molar-refractivity contribution is 0.414. The lowest BCUT2D eigenvalue weighted by Crippen LogP contribution is -2.16. The van der Waals surface area contributed by atoms with Gasteiger partial charge in [0.25, 0.3) is 0 Å². The Hall–Kier alpha value is -2.42. The van der Waals surface area contributed by atoms with Crippen molar-refractivity contribution >= 4 is 8.07 Å². The Morgan fingerprint density at radius 3 is 2.09 bits per heavy atom. The van der Waals surface area contributed by atoms with Crippen LogP contribution in [0.2, 0.25) is 19.6 Å². The summed E-state index contributed by atoms with van der Waals surface area (Å²) in [6.07, 6.45) is 0. The Bertz CT molecular complexity index is 747. The zero-order valence-electron chi connectivity index (χ0n) is 14.2. The molecule has 0 N–H and O–H groups in total. The Morgan fingerprint density at radius 1 is 0.870 bits per heavy atom. The van der Waals surface area contributed by atoms with Crippen LogP contribution in [0.4, 0.5) is 0 Å². The average molecular weight is 318 g/mol. The summed E-state index contributed by atoms with van der Waals surface area (Å²) in [5.74, 6) is 10.7. The van der Waals surface area contributed by atoms with Gasteiger partial charge in [0.1, 0.15) is 19.7 Å². The monoisotopic (exact) mass is 318 g/mol. The van der Waals surface area contributed by atoms with Crippen LogP contribution in [-0.4, -0.2) is 15.2 Å². The first-order chi connectivity index (χ1) is 11.0. The molecular weight excluding hydrogens is 296 g/mol. The van der Waals surface area contributed by atoms with Crippen molar-refractivity contribution in [2.45, 2.75) is 25.6 Å². The molecule has 0 saturated carbocycles. The van der Waals surface area contributed by atoms with Crippen LogP contribution < -0.4 is 4.74 Å². The number of ether oxygens (including phenoxy) is 1. The largest absolute Gasteiger partial charge is 0.497 e. The maximum Gasteiger partial charge on any atom is 0.129 e. The highest BCUT2D eigenvalue weighted by molar-refractivity contribution is 6.83. The van der Waals surface area contributed by atoms with Gasteiger partial charge in [0, 0.05) is 5.56 Å². The molecule has 0 aliphatic rings. The van der Waals surface area contributed by atoms with Gasteiger partial charge in [0.15, 0.2) is 0 Å². The molecule has 1 atom stereocenters. The van der Waals surface area contributed by atoms with E-state index in [1.54, 1.807) is 7.11 Å². The van der Waals surface area contributed by atoms with Gasteiger partial charge >= 0.3 is 0 Å². The van der Waals surface area contributed by atoms with E-state index in [2.05, 4.69) is 42.9 Å². The maximum absolute atomic E-state index is 5.23. The third-order valence-corrected chi connectivity index (χ3v) is 4.07. The second kappa shape index (κ2) is 7.72. The average Bonchev–Trinajstić information content (AvgIpc) is 2.55. The number of benzene rings is 2. The predicted octanol–water partition coefficient (Wildman–Crippen LogP) is 4.71. The summed E-state index contributed by atoms with van der Waals surface area (Å²) in [7, 11) is 0.241. The molecule has 2 aromatic carbocycles. The van der Waals surface area contributed by atoms with Gasteiger partial charge in [-0.1, -0.05) is 67.7 Å². The first-order valence-electron chi connectivity index (χ1n) is 7.71. The van der Waals surface area contributed by atoms with Gasteiger partial charge in [0.2, 0.25) is 0 Å². The van der Waals surface area contributed by atoms with Crippen LogP contribution in [-0.2, 0) is 0 Å². The second-order valence-corrected chi connectivity index (χ2v) is 11.1. The van der Waals surface area contributed by atoms with Crippen molar-refractivity contribution in [3.05, 3.63) is 65.7 Å². The van der Waals surface area contributed by atoms with Gasteiger partial charge in [-0.25, -0.2) is 0 Å². The van der Waals surface area contributed by atoms with E-state index in [4.69, 9.17) is 4.74 Å². The fraction of sp³-hybridized carbons (Fsp3) is 0.238. The van der Waals surface area contributed by atoms with Crippen molar-refractivity contribution < 1.29 is 4.74 Å². The van der Waals surface area contributed by atoms with E-state index in [0.29, 0.717) is 0 Å². The van der Waals surface area contributed by atoms with Crippen molar-refractivity contribution in [3.8, 4) is 29.1 Å². The molecule has 0 aliphatic heterocycles. The van der Waals surface area contributed by atoms with Gasteiger partial charge in [-0.05, 0) is 29.8 Å². The Morgan fingerprint density at radius 2 is 1.52 bits per heavy atom. The molecule has 0 fully saturated rings. The summed E-state index contributed by atoms with van der Waals surface area (Å²) >= 11 is 0. The highest BCUT2D eigenvalue weighted by atomic mass is 28.3. The minimum absolute atomic E-state index is 0.0761. The van der Waals surface area contributed by atoms with E-state index >= 15 is 0 Å². The molecule has 0 amide bonds. The van der Waals surface area contributed by atoms with Crippen LogP contribution in [0.25, 0.3) is 0 Å². The van der Waals surface area contributed by atoms with Gasteiger partial charge in [-0.15, -0.1) is 5.54 Å². The van der Waals surface area contributed by atoms with Crippen molar-refractivity contribution in [2.75, 3.05) is 7.11 Å². The topological polar surface area (TPSA) is 9.23 Å². The van der Waals surface area contributed by atoms with E-state index in [0.717, 1.165) is 16.9 Å². The maximum atomic E-state index is 5.23. The molecule has 2 rings (SSSR count). The van der Waals surface area contributed by atoms with Crippen LogP contribution in [0.1, 0.15) is 17.0 Å². The molecule has 0 radical (unpaired) electrons. The SMILES string of the molecule is COc1ccc(C(C#Cc2ccccc2)C#C[Si](C)(C)C)cc1. The fourth-order valence-corrected chi connectivity index (χ4v) is 2.54. The number of hydrogen-bond acceptors (Lipinski definition) is 1. The van der Waals surface area contributed by atoms with Gasteiger partial charge < -0.3 is 4.74 Å². The summed E-state index contributed by atoms with van der Waals surface area (Å²) in [6, 6.07) is 18.0. The number of methoxy groups -OCH3 is 1. The molecule has 23 heavy (non-hydrogen) atoms. The van der Waals surface area contributed by atoms with Gasteiger partial charge in [-0.2, -0.15) is 0 Å². The van der Waals surface area contributed by atoms with Crippen molar-refractivity contribution in [1.82, 2.24) is 0 Å². The molecule has 1 nitrogen and oxygen atoms in total. The lowest BCUT2D eigenvalue weighted by Gasteiger charge is -2.08. The standard InChI is InChI=1S/C21H22OSi/c1-22-21-14-12-19(13-15-21)20(16-17-23(2,3)4)11-10-18-8-6-5-7-9-18/h5-9,12-15,20H,1-4H3. The van der Waals surface area contributed by atoms with Crippen LogP contribution in [0.5, 0.6) is 5.75 Å². The summed E-state index contributed by atoms with van der Waals surface area (Å²) in [6.45, 7) is 6.74. The quantitative estimate of drug-likeness (QED) is 0.575. The summed E-state index contributed by atoms with van der Waals surface area (Å²) in [5, 5.41) is 0. The molecule has 116 valence electrons. The van der Waals surface area contributed by atoms with E-state index in [-0.39, 0.29) is 5.92 Å².